The van der Waals surface area contributed by atoms with Crippen LogP contribution in [0.15, 0.2) is 24.3 Å². The first kappa shape index (κ1) is 22.3. The topological polar surface area (TPSA) is 70.5 Å². The molecule has 9 heteroatoms. The van der Waals surface area contributed by atoms with Gasteiger partial charge in [0, 0.05) is 19.5 Å². The lowest BCUT2D eigenvalue weighted by atomic mass is 10.1. The molecule has 1 aromatic carbocycles. The third-order valence-electron chi connectivity index (χ3n) is 4.13. The highest BCUT2D eigenvalue weighted by molar-refractivity contribution is 7.13. The Labute approximate surface area is 167 Å². The number of carbonyl (C=O) groups is 2. The zero-order valence-corrected chi connectivity index (χ0v) is 16.4. The lowest BCUT2D eigenvalue weighted by Gasteiger charge is -2.14. The van der Waals surface area contributed by atoms with Gasteiger partial charge in [0.15, 0.2) is 0 Å². The lowest BCUT2D eigenvalue weighted by Crippen LogP contribution is -2.29. The van der Waals surface area contributed by atoms with E-state index in [9.17, 15) is 14.0 Å². The van der Waals surface area contributed by atoms with E-state index >= 15 is 0 Å². The number of likely N-dealkylation sites (tertiary alicyclic amines) is 1. The fourth-order valence-electron chi connectivity index (χ4n) is 2.79. The van der Waals surface area contributed by atoms with Crippen molar-refractivity contribution in [1.29, 1.82) is 0 Å². The zero-order chi connectivity index (χ0) is 17.3. The van der Waals surface area contributed by atoms with Crippen molar-refractivity contribution in [3.05, 3.63) is 51.2 Å². The largest absolute Gasteiger partial charge is 0.481 e. The van der Waals surface area contributed by atoms with Crippen LogP contribution in [-0.2, 0) is 11.2 Å². The van der Waals surface area contributed by atoms with Gasteiger partial charge in [-0.3, -0.25) is 9.59 Å². The average Bonchev–Trinajstić information content (AvgIpc) is 3.16. The maximum absolute atomic E-state index is 13.0. The Balaban J connectivity index is 0.00000169. The summed E-state index contributed by atoms with van der Waals surface area (Å²) in [5.74, 6) is -1.78. The third-order valence-corrected chi connectivity index (χ3v) is 5.27. The van der Waals surface area contributed by atoms with Crippen LogP contribution in [0.5, 0.6) is 0 Å². The Kier molecular flexibility index (Phi) is 7.99. The van der Waals surface area contributed by atoms with Crippen molar-refractivity contribution in [2.45, 2.75) is 19.8 Å². The van der Waals surface area contributed by atoms with Gasteiger partial charge >= 0.3 is 5.97 Å². The summed E-state index contributed by atoms with van der Waals surface area (Å²) in [6.07, 6.45) is 1.03. The molecular weight excluding hydrogens is 402 g/mol. The molecule has 5 nitrogen and oxygen atoms in total. The number of thiazole rings is 1. The minimum absolute atomic E-state index is 0. The minimum Gasteiger partial charge on any atom is -0.481 e. The van der Waals surface area contributed by atoms with Crippen LogP contribution in [0.25, 0.3) is 0 Å². The van der Waals surface area contributed by atoms with Crippen LogP contribution in [-0.4, -0.2) is 40.0 Å². The van der Waals surface area contributed by atoms with Crippen LogP contribution in [0.2, 0.25) is 0 Å². The summed E-state index contributed by atoms with van der Waals surface area (Å²) in [6, 6.07) is 6.20. The smallest absolute Gasteiger partial charge is 0.308 e. The number of carbonyl (C=O) groups excluding carboxylic acids is 1. The SMILES string of the molecule is Cc1nc(Cc2ccc(F)cc2)sc1C(=O)N1CCC(C(=O)O)C1.Cl.Cl. The van der Waals surface area contributed by atoms with Crippen LogP contribution >= 0.6 is 36.2 Å². The van der Waals surface area contributed by atoms with Crippen molar-refractivity contribution in [3.8, 4) is 0 Å². The predicted molar refractivity (Wildman–Crippen MR) is 102 cm³/mol. The standard InChI is InChI=1S/C17H17FN2O3S.2ClH/c1-10-15(16(21)20-7-6-12(9-20)17(22)23)24-14(19-10)8-11-2-4-13(18)5-3-11;;/h2-5,12H,6-9H2,1H3,(H,22,23);2*1H. The van der Waals surface area contributed by atoms with Gasteiger partial charge < -0.3 is 10.0 Å². The van der Waals surface area contributed by atoms with Crippen molar-refractivity contribution in [3.63, 3.8) is 0 Å². The Bertz CT molecular complexity index is 783. The molecule has 1 fully saturated rings. The Hall–Kier alpha value is -1.70. The summed E-state index contributed by atoms with van der Waals surface area (Å²) in [4.78, 5) is 30.2. The quantitative estimate of drug-likeness (QED) is 0.820. The summed E-state index contributed by atoms with van der Waals surface area (Å²) in [6.45, 7) is 2.49. The van der Waals surface area contributed by atoms with Crippen molar-refractivity contribution in [2.24, 2.45) is 5.92 Å². The fourth-order valence-corrected chi connectivity index (χ4v) is 3.86. The number of rotatable bonds is 4. The van der Waals surface area contributed by atoms with Crippen LogP contribution in [0.1, 0.15) is 32.4 Å². The number of carboxylic acid groups (broad SMARTS) is 1. The van der Waals surface area contributed by atoms with Crippen LogP contribution in [0.3, 0.4) is 0 Å². The number of aliphatic carboxylic acids is 1. The van der Waals surface area contributed by atoms with Crippen LogP contribution < -0.4 is 0 Å². The lowest BCUT2D eigenvalue weighted by molar-refractivity contribution is -0.141. The van der Waals surface area contributed by atoms with E-state index < -0.39 is 11.9 Å². The minimum atomic E-state index is -0.858. The number of halogens is 3. The van der Waals surface area contributed by atoms with E-state index in [0.717, 1.165) is 10.6 Å². The van der Waals surface area contributed by atoms with E-state index in [1.807, 2.05) is 0 Å². The molecule has 26 heavy (non-hydrogen) atoms. The van der Waals surface area contributed by atoms with E-state index in [4.69, 9.17) is 5.11 Å². The molecule has 0 bridgehead atoms. The molecule has 2 aromatic rings. The first-order valence-electron chi connectivity index (χ1n) is 7.67. The van der Waals surface area contributed by atoms with Crippen LogP contribution in [0, 0.1) is 18.7 Å². The number of amides is 1. The normalized spacial score (nSPS) is 15.9. The first-order chi connectivity index (χ1) is 11.4. The molecule has 0 spiro atoms. The highest BCUT2D eigenvalue weighted by Crippen LogP contribution is 2.25. The van der Waals surface area contributed by atoms with Crippen molar-refractivity contribution in [2.75, 3.05) is 13.1 Å². The van der Waals surface area contributed by atoms with E-state index in [1.165, 1.54) is 23.5 Å². The number of hydrogen-bond donors (Lipinski definition) is 1. The number of nitrogens with zero attached hydrogens (tertiary/aromatic N) is 2. The number of aromatic nitrogens is 1. The molecule has 1 aliphatic heterocycles. The second-order valence-electron chi connectivity index (χ2n) is 5.90. The van der Waals surface area contributed by atoms with Gasteiger partial charge in [-0.05, 0) is 31.0 Å². The fraction of sp³-hybridized carbons (Fsp3) is 0.353. The van der Waals surface area contributed by atoms with Crippen molar-refractivity contribution < 1.29 is 19.1 Å². The van der Waals surface area contributed by atoms with Crippen molar-refractivity contribution >= 4 is 48.0 Å². The van der Waals surface area contributed by atoms with Gasteiger partial charge in [0.25, 0.3) is 5.91 Å². The summed E-state index contributed by atoms with van der Waals surface area (Å²) < 4.78 is 13.0. The Morgan fingerprint density at radius 2 is 1.96 bits per heavy atom. The van der Waals surface area contributed by atoms with E-state index in [0.29, 0.717) is 30.0 Å². The molecule has 1 atom stereocenters. The number of benzene rings is 1. The van der Waals surface area contributed by atoms with Gasteiger partial charge in [-0.1, -0.05) is 12.1 Å². The Morgan fingerprint density at radius 3 is 2.54 bits per heavy atom. The maximum atomic E-state index is 13.0. The molecule has 1 amide bonds. The molecule has 1 aliphatic rings. The molecule has 142 valence electrons. The predicted octanol–water partition coefficient (Wildman–Crippen LogP) is 3.57. The van der Waals surface area contributed by atoms with Gasteiger partial charge in [0.05, 0.1) is 16.6 Å². The summed E-state index contributed by atoms with van der Waals surface area (Å²) in [5.41, 5.74) is 1.58. The summed E-state index contributed by atoms with van der Waals surface area (Å²) in [7, 11) is 0. The molecule has 1 unspecified atom stereocenters. The zero-order valence-electron chi connectivity index (χ0n) is 14.0. The number of hydrogen-bond acceptors (Lipinski definition) is 4. The average molecular weight is 421 g/mol. The van der Waals surface area contributed by atoms with Gasteiger partial charge in [-0.2, -0.15) is 0 Å². The molecular formula is C17H19Cl2FN2O3S. The molecule has 1 saturated heterocycles. The molecule has 3 rings (SSSR count). The van der Waals surface area contributed by atoms with Gasteiger partial charge in [0.1, 0.15) is 10.7 Å². The molecule has 0 aliphatic carbocycles. The molecule has 1 N–H and O–H groups in total. The number of aryl methyl sites for hydroxylation is 1. The second kappa shape index (κ2) is 9.30. The molecule has 0 radical (unpaired) electrons. The number of carboxylic acids is 1. The summed E-state index contributed by atoms with van der Waals surface area (Å²) in [5, 5.41) is 9.84. The van der Waals surface area contributed by atoms with Crippen molar-refractivity contribution in [1.82, 2.24) is 9.88 Å². The van der Waals surface area contributed by atoms with Gasteiger partial charge in [0.2, 0.25) is 0 Å². The molecule has 1 aromatic heterocycles. The van der Waals surface area contributed by atoms with E-state index in [1.54, 1.807) is 24.0 Å². The van der Waals surface area contributed by atoms with E-state index in [2.05, 4.69) is 4.98 Å². The monoisotopic (exact) mass is 420 g/mol. The highest BCUT2D eigenvalue weighted by atomic mass is 35.5. The Morgan fingerprint density at radius 1 is 1.31 bits per heavy atom. The van der Waals surface area contributed by atoms with Crippen LogP contribution in [0.4, 0.5) is 4.39 Å². The third kappa shape index (κ3) is 4.93. The highest BCUT2D eigenvalue weighted by Gasteiger charge is 2.32. The molecule has 2 heterocycles. The summed E-state index contributed by atoms with van der Waals surface area (Å²) >= 11 is 1.32. The first-order valence-corrected chi connectivity index (χ1v) is 8.48. The van der Waals surface area contributed by atoms with E-state index in [-0.39, 0.29) is 43.1 Å². The van der Waals surface area contributed by atoms with Gasteiger partial charge in [-0.15, -0.1) is 36.2 Å². The van der Waals surface area contributed by atoms with Gasteiger partial charge in [-0.25, -0.2) is 9.37 Å². The molecule has 0 saturated carbocycles. The maximum Gasteiger partial charge on any atom is 0.308 e. The second-order valence-corrected chi connectivity index (χ2v) is 6.98.